The molecule has 0 atom stereocenters. The maximum absolute atomic E-state index is 14.3. The van der Waals surface area contributed by atoms with Gasteiger partial charge in [0.2, 0.25) is 0 Å². The van der Waals surface area contributed by atoms with Crippen molar-refractivity contribution in [3.63, 3.8) is 0 Å². The summed E-state index contributed by atoms with van der Waals surface area (Å²) >= 11 is 0. The van der Waals surface area contributed by atoms with E-state index in [-0.39, 0.29) is 0 Å². The maximum Gasteiger partial charge on any atom is 0.132 e. The molecule has 3 aromatic carbocycles. The van der Waals surface area contributed by atoms with Gasteiger partial charge >= 0.3 is 0 Å². The van der Waals surface area contributed by atoms with Gasteiger partial charge in [-0.25, -0.2) is 18.7 Å². The number of benzene rings is 3. The van der Waals surface area contributed by atoms with Crippen molar-refractivity contribution in [1.82, 2.24) is 9.97 Å². The van der Waals surface area contributed by atoms with Gasteiger partial charge in [-0.1, -0.05) is 36.4 Å². The number of para-hydroxylation sites is 2. The fourth-order valence-electron chi connectivity index (χ4n) is 2.68. The lowest BCUT2D eigenvalue weighted by atomic mass is 10.0. The smallest absolute Gasteiger partial charge is 0.132 e. The van der Waals surface area contributed by atoms with Crippen LogP contribution < -0.4 is 0 Å². The van der Waals surface area contributed by atoms with E-state index in [1.807, 2.05) is 12.1 Å². The van der Waals surface area contributed by atoms with E-state index in [2.05, 4.69) is 9.97 Å². The van der Waals surface area contributed by atoms with Gasteiger partial charge in [0, 0.05) is 11.1 Å². The molecule has 0 bridgehead atoms. The van der Waals surface area contributed by atoms with Crippen LogP contribution in [0.2, 0.25) is 0 Å². The SMILES string of the molecule is Fc1ccccc1-c1nc2ccccc2nc1-c1ccccc1F. The van der Waals surface area contributed by atoms with Crippen LogP contribution in [0.5, 0.6) is 0 Å². The van der Waals surface area contributed by atoms with Crippen LogP contribution in [0.15, 0.2) is 72.8 Å². The fourth-order valence-corrected chi connectivity index (χ4v) is 2.68. The van der Waals surface area contributed by atoms with Crippen LogP contribution in [0.3, 0.4) is 0 Å². The third-order valence-corrected chi connectivity index (χ3v) is 3.83. The average molecular weight is 318 g/mol. The summed E-state index contributed by atoms with van der Waals surface area (Å²) in [7, 11) is 0. The van der Waals surface area contributed by atoms with E-state index in [4.69, 9.17) is 0 Å². The summed E-state index contributed by atoms with van der Waals surface area (Å²) < 4.78 is 28.6. The second-order valence-corrected chi connectivity index (χ2v) is 5.37. The molecule has 4 aromatic rings. The minimum atomic E-state index is -0.417. The topological polar surface area (TPSA) is 25.8 Å². The lowest BCUT2D eigenvalue weighted by molar-refractivity contribution is 0.628. The van der Waals surface area contributed by atoms with E-state index in [0.29, 0.717) is 33.5 Å². The summed E-state index contributed by atoms with van der Waals surface area (Å²) in [6.07, 6.45) is 0. The minimum Gasteiger partial charge on any atom is -0.244 e. The highest BCUT2D eigenvalue weighted by Gasteiger charge is 2.18. The van der Waals surface area contributed by atoms with E-state index < -0.39 is 11.6 Å². The van der Waals surface area contributed by atoms with E-state index >= 15 is 0 Å². The van der Waals surface area contributed by atoms with Gasteiger partial charge in [-0.3, -0.25) is 0 Å². The fraction of sp³-hybridized carbons (Fsp3) is 0. The molecule has 0 N–H and O–H groups in total. The van der Waals surface area contributed by atoms with E-state index in [9.17, 15) is 8.78 Å². The predicted octanol–water partition coefficient (Wildman–Crippen LogP) is 5.24. The number of halogens is 2. The molecule has 0 aliphatic carbocycles. The Balaban J connectivity index is 2.09. The second kappa shape index (κ2) is 5.81. The van der Waals surface area contributed by atoms with Crippen LogP contribution in [-0.2, 0) is 0 Å². The number of hydrogen-bond donors (Lipinski definition) is 0. The zero-order chi connectivity index (χ0) is 16.5. The Labute approximate surface area is 137 Å². The lowest BCUT2D eigenvalue weighted by Gasteiger charge is -2.11. The van der Waals surface area contributed by atoms with Gasteiger partial charge in [-0.15, -0.1) is 0 Å². The predicted molar refractivity (Wildman–Crippen MR) is 90.3 cm³/mol. The largest absolute Gasteiger partial charge is 0.244 e. The first-order valence-electron chi connectivity index (χ1n) is 7.50. The summed E-state index contributed by atoms with van der Waals surface area (Å²) in [5, 5.41) is 0. The van der Waals surface area contributed by atoms with Gasteiger partial charge in [0.05, 0.1) is 11.0 Å². The van der Waals surface area contributed by atoms with Gasteiger partial charge in [0.15, 0.2) is 0 Å². The molecule has 0 radical (unpaired) electrons. The van der Waals surface area contributed by atoms with Crippen molar-refractivity contribution >= 4 is 11.0 Å². The molecule has 0 aliphatic rings. The monoisotopic (exact) mass is 318 g/mol. The second-order valence-electron chi connectivity index (χ2n) is 5.37. The Bertz CT molecular complexity index is 960. The van der Waals surface area contributed by atoms with Crippen LogP contribution in [0, 0.1) is 11.6 Å². The number of hydrogen-bond acceptors (Lipinski definition) is 2. The van der Waals surface area contributed by atoms with Crippen molar-refractivity contribution in [1.29, 1.82) is 0 Å². The van der Waals surface area contributed by atoms with Gasteiger partial charge in [-0.05, 0) is 36.4 Å². The number of aromatic nitrogens is 2. The Morgan fingerprint density at radius 3 is 1.29 bits per heavy atom. The third kappa shape index (κ3) is 2.42. The van der Waals surface area contributed by atoms with Crippen molar-refractivity contribution in [3.8, 4) is 22.5 Å². The van der Waals surface area contributed by atoms with Crippen molar-refractivity contribution in [2.75, 3.05) is 0 Å². The summed E-state index contributed by atoms with van der Waals surface area (Å²) in [6, 6.07) is 19.9. The number of fused-ring (bicyclic) bond motifs is 1. The highest BCUT2D eigenvalue weighted by Crippen LogP contribution is 2.33. The Kier molecular flexibility index (Phi) is 3.50. The Morgan fingerprint density at radius 2 is 0.875 bits per heavy atom. The minimum absolute atomic E-state index is 0.300. The molecule has 0 amide bonds. The molecule has 0 saturated carbocycles. The van der Waals surface area contributed by atoms with Crippen molar-refractivity contribution in [2.24, 2.45) is 0 Å². The Hall–Kier alpha value is -3.14. The summed E-state index contributed by atoms with van der Waals surface area (Å²) in [6.45, 7) is 0. The first-order chi connectivity index (χ1) is 11.7. The van der Waals surface area contributed by atoms with Crippen molar-refractivity contribution < 1.29 is 8.78 Å². The molecule has 1 heterocycles. The molecule has 116 valence electrons. The third-order valence-electron chi connectivity index (χ3n) is 3.83. The molecule has 24 heavy (non-hydrogen) atoms. The van der Waals surface area contributed by atoms with Crippen LogP contribution >= 0.6 is 0 Å². The van der Waals surface area contributed by atoms with Gasteiger partial charge < -0.3 is 0 Å². The molecule has 1 aromatic heterocycles. The molecule has 4 heteroatoms. The lowest BCUT2D eigenvalue weighted by Crippen LogP contribution is -1.98. The average Bonchev–Trinajstić information content (AvgIpc) is 2.62. The quantitative estimate of drug-likeness (QED) is 0.505. The molecule has 0 spiro atoms. The van der Waals surface area contributed by atoms with Crippen molar-refractivity contribution in [2.45, 2.75) is 0 Å². The van der Waals surface area contributed by atoms with Crippen molar-refractivity contribution in [3.05, 3.63) is 84.4 Å². The molecule has 0 fully saturated rings. The molecule has 0 saturated heterocycles. The standard InChI is InChI=1S/C20H12F2N2/c21-15-9-3-1-7-13(15)19-20(14-8-2-4-10-16(14)22)24-18-12-6-5-11-17(18)23-19/h1-12H. The highest BCUT2D eigenvalue weighted by atomic mass is 19.1. The molecule has 2 nitrogen and oxygen atoms in total. The van der Waals surface area contributed by atoms with Crippen LogP contribution in [0.4, 0.5) is 8.78 Å². The van der Waals surface area contributed by atoms with E-state index in [1.165, 1.54) is 12.1 Å². The normalized spacial score (nSPS) is 10.9. The van der Waals surface area contributed by atoms with Gasteiger partial charge in [0.1, 0.15) is 23.0 Å². The van der Waals surface area contributed by atoms with Crippen LogP contribution in [-0.4, -0.2) is 9.97 Å². The molecule has 0 aliphatic heterocycles. The zero-order valence-corrected chi connectivity index (χ0v) is 12.6. The molecule has 4 rings (SSSR count). The van der Waals surface area contributed by atoms with Crippen LogP contribution in [0.1, 0.15) is 0 Å². The molecular formula is C20H12F2N2. The molecular weight excluding hydrogens is 306 g/mol. The highest BCUT2D eigenvalue weighted by molar-refractivity contribution is 5.86. The first-order valence-corrected chi connectivity index (χ1v) is 7.50. The zero-order valence-electron chi connectivity index (χ0n) is 12.6. The van der Waals surface area contributed by atoms with Gasteiger partial charge in [0.25, 0.3) is 0 Å². The molecule has 0 unspecified atom stereocenters. The summed E-state index contributed by atoms with van der Waals surface area (Å²) in [5.74, 6) is -0.834. The van der Waals surface area contributed by atoms with Crippen LogP contribution in [0.25, 0.3) is 33.5 Å². The van der Waals surface area contributed by atoms with E-state index in [0.717, 1.165) is 0 Å². The summed E-state index contributed by atoms with van der Waals surface area (Å²) in [5.41, 5.74) is 2.53. The van der Waals surface area contributed by atoms with E-state index in [1.54, 1.807) is 48.5 Å². The number of nitrogens with zero attached hydrogens (tertiary/aromatic N) is 2. The number of rotatable bonds is 2. The summed E-state index contributed by atoms with van der Waals surface area (Å²) in [4.78, 5) is 9.11. The van der Waals surface area contributed by atoms with Gasteiger partial charge in [-0.2, -0.15) is 0 Å². The maximum atomic E-state index is 14.3. The Morgan fingerprint density at radius 1 is 0.500 bits per heavy atom. The first kappa shape index (κ1) is 14.5.